The highest BCUT2D eigenvalue weighted by molar-refractivity contribution is 6.38. The highest BCUT2D eigenvalue weighted by Gasteiger charge is 2.52. The molecule has 8 heteroatoms. The summed E-state index contributed by atoms with van der Waals surface area (Å²) < 4.78 is 5.63. The topological polar surface area (TPSA) is 66.8 Å². The number of carbonyl (C=O) groups is 2. The van der Waals surface area contributed by atoms with E-state index in [1.54, 1.807) is 24.3 Å². The lowest BCUT2D eigenvalue weighted by atomic mass is 9.90. The number of halogens is 3. The molecule has 1 atom stereocenters. The standard InChI is InChI=1S/C19H16Cl3NO4/c1-11(24)10-19(26)16-13(21)6-7-14(22)17(16)23(18(19)25)8-9-27-15-5-3-2-4-12(15)20/h2-7,26H,8-10H2,1H3. The Bertz CT molecular complexity index is 918. The number of aliphatic hydroxyl groups is 1. The van der Waals surface area contributed by atoms with Crippen LogP contribution in [0.25, 0.3) is 0 Å². The summed E-state index contributed by atoms with van der Waals surface area (Å²) in [4.78, 5) is 25.9. The maximum atomic E-state index is 13.0. The van der Waals surface area contributed by atoms with E-state index in [0.717, 1.165) is 0 Å². The molecule has 0 saturated heterocycles. The highest BCUT2D eigenvalue weighted by atomic mass is 35.5. The maximum Gasteiger partial charge on any atom is 0.264 e. The molecule has 0 aromatic heterocycles. The van der Waals surface area contributed by atoms with Crippen molar-refractivity contribution in [2.75, 3.05) is 18.1 Å². The van der Waals surface area contributed by atoms with Crippen LogP contribution in [0.5, 0.6) is 5.75 Å². The van der Waals surface area contributed by atoms with Crippen LogP contribution in [0.1, 0.15) is 18.9 Å². The first-order chi connectivity index (χ1) is 12.8. The Balaban J connectivity index is 1.91. The Morgan fingerprint density at radius 3 is 2.44 bits per heavy atom. The number of benzene rings is 2. The largest absolute Gasteiger partial charge is 0.490 e. The molecule has 1 aliphatic rings. The Kier molecular flexibility index (Phi) is 5.68. The van der Waals surface area contributed by atoms with Crippen LogP contribution in [0.3, 0.4) is 0 Å². The highest BCUT2D eigenvalue weighted by Crippen LogP contribution is 2.49. The number of anilines is 1. The summed E-state index contributed by atoms with van der Waals surface area (Å²) in [6.45, 7) is 1.50. The van der Waals surface area contributed by atoms with Gasteiger partial charge in [0.05, 0.1) is 22.3 Å². The van der Waals surface area contributed by atoms with E-state index in [0.29, 0.717) is 16.5 Å². The second-order valence-corrected chi connectivity index (χ2v) is 7.45. The molecule has 3 rings (SSSR count). The summed E-state index contributed by atoms with van der Waals surface area (Å²) in [5.41, 5.74) is -1.61. The van der Waals surface area contributed by atoms with Crippen LogP contribution >= 0.6 is 34.8 Å². The van der Waals surface area contributed by atoms with E-state index < -0.39 is 11.5 Å². The van der Waals surface area contributed by atoms with Gasteiger partial charge in [-0.05, 0) is 31.2 Å². The molecule has 0 spiro atoms. The lowest BCUT2D eigenvalue weighted by Gasteiger charge is -2.22. The Morgan fingerprint density at radius 2 is 1.78 bits per heavy atom. The molecule has 0 saturated carbocycles. The third kappa shape index (κ3) is 3.65. The fourth-order valence-electron chi connectivity index (χ4n) is 3.18. The van der Waals surface area contributed by atoms with E-state index in [4.69, 9.17) is 39.5 Å². The molecule has 1 amide bonds. The van der Waals surface area contributed by atoms with Crippen LogP contribution in [-0.2, 0) is 15.2 Å². The number of Topliss-reactive ketones (excluding diaryl/α,β-unsaturated/α-hetero) is 1. The molecule has 0 bridgehead atoms. The zero-order chi connectivity index (χ0) is 19.8. The molecular formula is C19H16Cl3NO4. The number of carbonyl (C=O) groups excluding carboxylic acids is 2. The number of amides is 1. The molecule has 0 radical (unpaired) electrons. The van der Waals surface area contributed by atoms with Gasteiger partial charge < -0.3 is 14.7 Å². The fraction of sp³-hybridized carbons (Fsp3) is 0.263. The summed E-state index contributed by atoms with van der Waals surface area (Å²) in [5, 5.41) is 11.9. The van der Waals surface area contributed by atoms with Gasteiger partial charge in [-0.15, -0.1) is 0 Å². The fourth-order valence-corrected chi connectivity index (χ4v) is 3.94. The third-order valence-electron chi connectivity index (χ3n) is 4.27. The van der Waals surface area contributed by atoms with Crippen molar-refractivity contribution in [2.24, 2.45) is 0 Å². The van der Waals surface area contributed by atoms with Gasteiger partial charge in [0.1, 0.15) is 18.1 Å². The van der Waals surface area contributed by atoms with Crippen molar-refractivity contribution in [3.05, 3.63) is 57.0 Å². The molecule has 2 aromatic carbocycles. The summed E-state index contributed by atoms with van der Waals surface area (Å²) >= 11 is 18.6. The van der Waals surface area contributed by atoms with Gasteiger partial charge in [-0.1, -0.05) is 46.9 Å². The number of hydrogen-bond acceptors (Lipinski definition) is 4. The van der Waals surface area contributed by atoms with Crippen molar-refractivity contribution in [2.45, 2.75) is 18.9 Å². The van der Waals surface area contributed by atoms with E-state index in [2.05, 4.69) is 0 Å². The second-order valence-electron chi connectivity index (χ2n) is 6.23. The number of rotatable bonds is 6. The molecule has 5 nitrogen and oxygen atoms in total. The second kappa shape index (κ2) is 7.68. The molecule has 1 aliphatic heterocycles. The van der Waals surface area contributed by atoms with Gasteiger partial charge >= 0.3 is 0 Å². The van der Waals surface area contributed by atoms with E-state index in [1.807, 2.05) is 0 Å². The minimum Gasteiger partial charge on any atom is -0.490 e. The molecule has 0 fully saturated rings. The number of fused-ring (bicyclic) bond motifs is 1. The SMILES string of the molecule is CC(=O)CC1(O)C(=O)N(CCOc2ccccc2Cl)c2c(Cl)ccc(Cl)c21. The average molecular weight is 429 g/mol. The van der Waals surface area contributed by atoms with Gasteiger partial charge in [0.25, 0.3) is 5.91 Å². The molecule has 142 valence electrons. The molecule has 1 heterocycles. The van der Waals surface area contributed by atoms with Crippen LogP contribution in [0, 0.1) is 0 Å². The first-order valence-electron chi connectivity index (χ1n) is 8.15. The first kappa shape index (κ1) is 20.0. The predicted molar refractivity (Wildman–Crippen MR) is 105 cm³/mol. The lowest BCUT2D eigenvalue weighted by Crippen LogP contribution is -2.43. The van der Waals surface area contributed by atoms with Crippen molar-refractivity contribution in [1.29, 1.82) is 0 Å². The molecule has 1 N–H and O–H groups in total. The monoisotopic (exact) mass is 427 g/mol. The van der Waals surface area contributed by atoms with Crippen molar-refractivity contribution < 1.29 is 19.4 Å². The number of ketones is 1. The Morgan fingerprint density at radius 1 is 1.11 bits per heavy atom. The molecule has 0 aliphatic carbocycles. The maximum absolute atomic E-state index is 13.0. The van der Waals surface area contributed by atoms with E-state index in [-0.39, 0.29) is 41.0 Å². The summed E-state index contributed by atoms with van der Waals surface area (Å²) in [7, 11) is 0. The van der Waals surface area contributed by atoms with Gasteiger partial charge in [0.2, 0.25) is 0 Å². The average Bonchev–Trinajstić information content (AvgIpc) is 2.82. The summed E-state index contributed by atoms with van der Waals surface area (Å²) in [5.74, 6) is -0.533. The van der Waals surface area contributed by atoms with Crippen molar-refractivity contribution in [3.8, 4) is 5.75 Å². The minimum absolute atomic E-state index is 0.0946. The van der Waals surface area contributed by atoms with E-state index >= 15 is 0 Å². The normalized spacial score (nSPS) is 18.6. The van der Waals surface area contributed by atoms with Crippen LogP contribution in [0.15, 0.2) is 36.4 Å². The predicted octanol–water partition coefficient (Wildman–Crippen LogP) is 4.24. The number of nitrogens with zero attached hydrogens (tertiary/aromatic N) is 1. The quantitative estimate of drug-likeness (QED) is 0.747. The molecule has 1 unspecified atom stereocenters. The minimum atomic E-state index is -2.05. The van der Waals surface area contributed by atoms with E-state index in [9.17, 15) is 14.7 Å². The smallest absolute Gasteiger partial charge is 0.264 e. The van der Waals surface area contributed by atoms with Crippen LogP contribution in [0.4, 0.5) is 5.69 Å². The van der Waals surface area contributed by atoms with Crippen LogP contribution in [0.2, 0.25) is 15.1 Å². The van der Waals surface area contributed by atoms with Crippen molar-refractivity contribution in [3.63, 3.8) is 0 Å². The van der Waals surface area contributed by atoms with Gasteiger partial charge in [-0.25, -0.2) is 0 Å². The summed E-state index contributed by atoms with van der Waals surface area (Å²) in [6.07, 6.45) is -0.388. The van der Waals surface area contributed by atoms with Gasteiger partial charge in [0.15, 0.2) is 5.60 Å². The van der Waals surface area contributed by atoms with Gasteiger partial charge in [-0.2, -0.15) is 0 Å². The van der Waals surface area contributed by atoms with Crippen molar-refractivity contribution >= 4 is 52.2 Å². The van der Waals surface area contributed by atoms with Gasteiger partial charge in [0, 0.05) is 17.0 Å². The Labute approximate surface area is 171 Å². The molecule has 2 aromatic rings. The number of para-hydroxylation sites is 1. The molecular weight excluding hydrogens is 413 g/mol. The van der Waals surface area contributed by atoms with Gasteiger partial charge in [-0.3, -0.25) is 9.59 Å². The number of hydrogen-bond donors (Lipinski definition) is 1. The number of ether oxygens (including phenoxy) is 1. The van der Waals surface area contributed by atoms with E-state index in [1.165, 1.54) is 24.0 Å². The zero-order valence-corrected chi connectivity index (χ0v) is 16.6. The summed E-state index contributed by atoms with van der Waals surface area (Å²) in [6, 6.07) is 9.98. The first-order valence-corrected chi connectivity index (χ1v) is 9.28. The zero-order valence-electron chi connectivity index (χ0n) is 14.3. The molecule has 27 heavy (non-hydrogen) atoms. The van der Waals surface area contributed by atoms with Crippen molar-refractivity contribution in [1.82, 2.24) is 0 Å². The Hall–Kier alpha value is -1.79. The lowest BCUT2D eigenvalue weighted by molar-refractivity contribution is -0.141. The van der Waals surface area contributed by atoms with Crippen LogP contribution in [-0.4, -0.2) is 29.9 Å². The third-order valence-corrected chi connectivity index (χ3v) is 5.21. The van der Waals surface area contributed by atoms with Crippen LogP contribution < -0.4 is 9.64 Å².